The van der Waals surface area contributed by atoms with Gasteiger partial charge in [-0.05, 0) is 20.8 Å². The van der Waals surface area contributed by atoms with E-state index in [9.17, 15) is 0 Å². The molecule has 0 aliphatic rings. The number of aromatic nitrogens is 4. The van der Waals surface area contributed by atoms with Gasteiger partial charge >= 0.3 is 0 Å². The molecule has 1 atom stereocenters. The summed E-state index contributed by atoms with van der Waals surface area (Å²) in [6.45, 7) is 7.33. The van der Waals surface area contributed by atoms with E-state index in [-0.39, 0.29) is 6.10 Å². The van der Waals surface area contributed by atoms with Gasteiger partial charge in [0.15, 0.2) is 5.82 Å². The lowest BCUT2D eigenvalue weighted by Crippen LogP contribution is -2.20. The smallest absolute Gasteiger partial charge is 0.203 e. The highest BCUT2D eigenvalue weighted by atomic mass is 16.5. The second-order valence-corrected chi connectivity index (χ2v) is 3.86. The molecule has 1 unspecified atom stereocenters. The second kappa shape index (κ2) is 5.09. The molecular weight excluding hydrogens is 218 g/mol. The van der Waals surface area contributed by atoms with Crippen LogP contribution in [0.3, 0.4) is 0 Å². The van der Waals surface area contributed by atoms with Crippen LogP contribution in [0.1, 0.15) is 19.7 Å². The summed E-state index contributed by atoms with van der Waals surface area (Å²) in [7, 11) is 0. The van der Waals surface area contributed by atoms with E-state index >= 15 is 0 Å². The molecular formula is C11H17N5O. The number of rotatable bonds is 5. The van der Waals surface area contributed by atoms with Crippen molar-refractivity contribution in [2.24, 2.45) is 0 Å². The highest BCUT2D eigenvalue weighted by Gasteiger charge is 2.08. The Bertz CT molecular complexity index is 496. The third kappa shape index (κ3) is 2.52. The number of fused-ring (bicyclic) bond motifs is 1. The summed E-state index contributed by atoms with van der Waals surface area (Å²) >= 11 is 0. The van der Waals surface area contributed by atoms with Crippen molar-refractivity contribution in [1.29, 1.82) is 0 Å². The predicted octanol–water partition coefficient (Wildman–Crippen LogP) is 1.27. The van der Waals surface area contributed by atoms with Gasteiger partial charge in [0, 0.05) is 25.5 Å². The summed E-state index contributed by atoms with van der Waals surface area (Å²) in [5.41, 5.74) is 0.744. The van der Waals surface area contributed by atoms with Gasteiger partial charge in [0.05, 0.1) is 6.10 Å². The fourth-order valence-electron chi connectivity index (χ4n) is 1.65. The quantitative estimate of drug-likeness (QED) is 0.845. The van der Waals surface area contributed by atoms with E-state index in [0.29, 0.717) is 13.2 Å². The van der Waals surface area contributed by atoms with Gasteiger partial charge in [-0.15, -0.1) is 10.2 Å². The van der Waals surface area contributed by atoms with Crippen LogP contribution in [0.15, 0.2) is 12.4 Å². The Morgan fingerprint density at radius 2 is 2.29 bits per heavy atom. The van der Waals surface area contributed by atoms with Gasteiger partial charge in [-0.3, -0.25) is 4.40 Å². The van der Waals surface area contributed by atoms with Crippen molar-refractivity contribution in [2.75, 3.05) is 18.5 Å². The molecule has 0 fully saturated rings. The van der Waals surface area contributed by atoms with Crippen LogP contribution in [0.25, 0.3) is 5.65 Å². The number of ether oxygens (including phenoxy) is 1. The molecule has 0 bridgehead atoms. The van der Waals surface area contributed by atoms with Crippen LogP contribution in [0.4, 0.5) is 5.82 Å². The van der Waals surface area contributed by atoms with E-state index in [4.69, 9.17) is 4.74 Å². The standard InChI is InChI=1S/C11H17N5O/c1-4-17-8(2)7-13-10-11-15-14-9(3)16(11)6-5-12-10/h5-6,8H,4,7H2,1-3H3,(H,12,13). The van der Waals surface area contributed by atoms with E-state index in [1.807, 2.05) is 31.4 Å². The summed E-state index contributed by atoms with van der Waals surface area (Å²) in [6, 6.07) is 0. The van der Waals surface area contributed by atoms with E-state index in [0.717, 1.165) is 17.3 Å². The van der Waals surface area contributed by atoms with E-state index < -0.39 is 0 Å². The molecule has 0 amide bonds. The highest BCUT2D eigenvalue weighted by Crippen LogP contribution is 2.11. The first-order chi connectivity index (χ1) is 8.22. The Hall–Kier alpha value is -1.69. The molecule has 0 aromatic carbocycles. The van der Waals surface area contributed by atoms with Crippen molar-refractivity contribution in [3.05, 3.63) is 18.2 Å². The molecule has 17 heavy (non-hydrogen) atoms. The predicted molar refractivity (Wildman–Crippen MR) is 65.1 cm³/mol. The zero-order chi connectivity index (χ0) is 12.3. The normalized spacial score (nSPS) is 12.9. The summed E-state index contributed by atoms with van der Waals surface area (Å²) in [6.07, 6.45) is 3.73. The van der Waals surface area contributed by atoms with Crippen molar-refractivity contribution in [3.63, 3.8) is 0 Å². The summed E-state index contributed by atoms with van der Waals surface area (Å²) in [5.74, 6) is 1.59. The lowest BCUT2D eigenvalue weighted by Gasteiger charge is -2.12. The minimum atomic E-state index is 0.145. The maximum absolute atomic E-state index is 5.45. The van der Waals surface area contributed by atoms with Crippen LogP contribution in [0.2, 0.25) is 0 Å². The van der Waals surface area contributed by atoms with Crippen LogP contribution in [0.5, 0.6) is 0 Å². The minimum absolute atomic E-state index is 0.145. The van der Waals surface area contributed by atoms with Crippen molar-refractivity contribution in [2.45, 2.75) is 26.9 Å². The molecule has 6 heteroatoms. The topological polar surface area (TPSA) is 64.3 Å². The number of anilines is 1. The molecule has 2 aromatic heterocycles. The summed E-state index contributed by atoms with van der Waals surface area (Å²) in [4.78, 5) is 4.26. The molecule has 2 aromatic rings. The molecule has 0 saturated heterocycles. The number of hydrogen-bond acceptors (Lipinski definition) is 5. The van der Waals surface area contributed by atoms with Gasteiger partial charge in [0.1, 0.15) is 5.82 Å². The Morgan fingerprint density at radius 3 is 3.06 bits per heavy atom. The SMILES string of the molecule is CCOC(C)CNc1nccn2c(C)nnc12. The molecule has 0 saturated carbocycles. The fraction of sp³-hybridized carbons (Fsp3) is 0.545. The second-order valence-electron chi connectivity index (χ2n) is 3.86. The van der Waals surface area contributed by atoms with Gasteiger partial charge in [0.25, 0.3) is 0 Å². The van der Waals surface area contributed by atoms with Gasteiger partial charge in [-0.2, -0.15) is 0 Å². The molecule has 1 N–H and O–H groups in total. The van der Waals surface area contributed by atoms with Crippen molar-refractivity contribution in [1.82, 2.24) is 19.6 Å². The molecule has 6 nitrogen and oxygen atoms in total. The monoisotopic (exact) mass is 235 g/mol. The van der Waals surface area contributed by atoms with Gasteiger partial charge in [-0.25, -0.2) is 4.98 Å². The van der Waals surface area contributed by atoms with Crippen LogP contribution < -0.4 is 5.32 Å². The van der Waals surface area contributed by atoms with Crippen LogP contribution in [0, 0.1) is 6.92 Å². The molecule has 92 valence electrons. The van der Waals surface area contributed by atoms with E-state index in [2.05, 4.69) is 20.5 Å². The maximum Gasteiger partial charge on any atom is 0.203 e. The number of nitrogens with zero attached hydrogens (tertiary/aromatic N) is 4. The third-order valence-corrected chi connectivity index (χ3v) is 2.51. The van der Waals surface area contributed by atoms with Gasteiger partial charge in [0.2, 0.25) is 5.65 Å². The third-order valence-electron chi connectivity index (χ3n) is 2.51. The molecule has 0 aliphatic carbocycles. The summed E-state index contributed by atoms with van der Waals surface area (Å²) < 4.78 is 7.35. The average molecular weight is 235 g/mol. The largest absolute Gasteiger partial charge is 0.377 e. The zero-order valence-corrected chi connectivity index (χ0v) is 10.3. The number of hydrogen-bond donors (Lipinski definition) is 1. The van der Waals surface area contributed by atoms with Crippen molar-refractivity contribution < 1.29 is 4.74 Å². The van der Waals surface area contributed by atoms with Crippen molar-refractivity contribution >= 4 is 11.5 Å². The van der Waals surface area contributed by atoms with Crippen LogP contribution in [-0.2, 0) is 4.74 Å². The molecule has 2 rings (SSSR count). The first-order valence-electron chi connectivity index (χ1n) is 5.74. The lowest BCUT2D eigenvalue weighted by molar-refractivity contribution is 0.0855. The number of aryl methyl sites for hydroxylation is 1. The lowest BCUT2D eigenvalue weighted by atomic mass is 10.4. The maximum atomic E-state index is 5.45. The molecule has 0 spiro atoms. The first kappa shape index (κ1) is 11.8. The first-order valence-corrected chi connectivity index (χ1v) is 5.74. The Balaban J connectivity index is 2.13. The number of nitrogens with one attached hydrogen (secondary N) is 1. The fourth-order valence-corrected chi connectivity index (χ4v) is 1.65. The molecule has 0 aliphatic heterocycles. The van der Waals surface area contributed by atoms with E-state index in [1.54, 1.807) is 6.20 Å². The van der Waals surface area contributed by atoms with Crippen LogP contribution >= 0.6 is 0 Å². The Morgan fingerprint density at radius 1 is 1.47 bits per heavy atom. The summed E-state index contributed by atoms with van der Waals surface area (Å²) in [5, 5.41) is 11.3. The zero-order valence-electron chi connectivity index (χ0n) is 10.3. The Kier molecular flexibility index (Phi) is 3.53. The van der Waals surface area contributed by atoms with Gasteiger partial charge in [-0.1, -0.05) is 0 Å². The average Bonchev–Trinajstić information content (AvgIpc) is 2.70. The van der Waals surface area contributed by atoms with E-state index in [1.165, 1.54) is 0 Å². The van der Waals surface area contributed by atoms with Crippen molar-refractivity contribution in [3.8, 4) is 0 Å². The van der Waals surface area contributed by atoms with Gasteiger partial charge < -0.3 is 10.1 Å². The molecule has 2 heterocycles. The Labute approximate surface area is 100 Å². The molecule has 0 radical (unpaired) electrons. The highest BCUT2D eigenvalue weighted by molar-refractivity contribution is 5.61. The van der Waals surface area contributed by atoms with Crippen LogP contribution in [-0.4, -0.2) is 38.8 Å². The minimum Gasteiger partial charge on any atom is -0.377 e.